The van der Waals surface area contributed by atoms with Crippen molar-refractivity contribution in [3.8, 4) is 5.75 Å². The molecule has 0 amide bonds. The average Bonchev–Trinajstić information content (AvgIpc) is 2.45. The Morgan fingerprint density at radius 3 is 2.75 bits per heavy atom. The van der Waals surface area contributed by atoms with E-state index in [-0.39, 0.29) is 0 Å². The number of para-hydroxylation sites is 1. The Bertz CT molecular complexity index is 531. The summed E-state index contributed by atoms with van der Waals surface area (Å²) >= 11 is 0. The number of nitrogens with two attached hydrogens (primary N) is 1. The Kier molecular flexibility index (Phi) is 5.17. The fourth-order valence-corrected chi connectivity index (χ4v) is 1.81. The number of nitrogens with zero attached hydrogens (tertiary/aromatic N) is 2. The molecule has 0 saturated heterocycles. The lowest BCUT2D eigenvalue weighted by Crippen LogP contribution is -2.13. The molecule has 1 aromatic heterocycles. The van der Waals surface area contributed by atoms with E-state index in [4.69, 9.17) is 10.5 Å². The zero-order chi connectivity index (χ0) is 14.2. The quantitative estimate of drug-likeness (QED) is 0.758. The summed E-state index contributed by atoms with van der Waals surface area (Å²) in [5, 5.41) is 3.20. The third-order valence-corrected chi connectivity index (χ3v) is 2.69. The van der Waals surface area contributed by atoms with Crippen LogP contribution in [0.5, 0.6) is 5.75 Å². The highest BCUT2D eigenvalue weighted by atomic mass is 16.5. The van der Waals surface area contributed by atoms with Crippen LogP contribution in [-0.2, 0) is 6.42 Å². The average molecular weight is 272 g/mol. The van der Waals surface area contributed by atoms with E-state index in [9.17, 15) is 0 Å². The summed E-state index contributed by atoms with van der Waals surface area (Å²) in [6.45, 7) is 3.32. The number of nitrogens with one attached hydrogen (secondary N) is 1. The maximum atomic E-state index is 5.76. The van der Waals surface area contributed by atoms with E-state index in [2.05, 4.69) is 22.2 Å². The maximum Gasteiger partial charge on any atom is 0.133 e. The smallest absolute Gasteiger partial charge is 0.133 e. The molecule has 0 atom stereocenters. The van der Waals surface area contributed by atoms with E-state index in [0.29, 0.717) is 19.0 Å². The van der Waals surface area contributed by atoms with Crippen molar-refractivity contribution in [3.63, 3.8) is 0 Å². The lowest BCUT2D eigenvalue weighted by Gasteiger charge is -2.09. The van der Waals surface area contributed by atoms with Crippen molar-refractivity contribution in [1.29, 1.82) is 0 Å². The molecule has 2 rings (SSSR count). The van der Waals surface area contributed by atoms with Gasteiger partial charge in [0.2, 0.25) is 0 Å². The van der Waals surface area contributed by atoms with Crippen molar-refractivity contribution in [2.45, 2.75) is 19.8 Å². The highest BCUT2D eigenvalue weighted by molar-refractivity contribution is 5.44. The number of aromatic nitrogens is 2. The molecule has 106 valence electrons. The molecule has 0 radical (unpaired) electrons. The summed E-state index contributed by atoms with van der Waals surface area (Å²) < 4.78 is 5.60. The second kappa shape index (κ2) is 7.33. The maximum absolute atomic E-state index is 5.76. The van der Waals surface area contributed by atoms with Crippen molar-refractivity contribution in [2.75, 3.05) is 24.2 Å². The molecule has 0 spiro atoms. The molecule has 5 heteroatoms. The highest BCUT2D eigenvalue weighted by Gasteiger charge is 2.01. The molecular weight excluding hydrogens is 252 g/mol. The molecule has 3 N–H and O–H groups in total. The Morgan fingerprint density at radius 2 is 2.00 bits per heavy atom. The largest absolute Gasteiger partial charge is 0.492 e. The van der Waals surface area contributed by atoms with Crippen molar-refractivity contribution in [2.24, 2.45) is 0 Å². The summed E-state index contributed by atoms with van der Waals surface area (Å²) in [5.41, 5.74) is 5.76. The second-order valence-electron chi connectivity index (χ2n) is 4.43. The number of ether oxygens (including phenoxy) is 1. The van der Waals surface area contributed by atoms with E-state index >= 15 is 0 Å². The van der Waals surface area contributed by atoms with Crippen molar-refractivity contribution >= 4 is 11.6 Å². The van der Waals surface area contributed by atoms with Crippen LogP contribution < -0.4 is 15.8 Å². The molecule has 0 fully saturated rings. The normalized spacial score (nSPS) is 10.2. The van der Waals surface area contributed by atoms with Crippen molar-refractivity contribution in [3.05, 3.63) is 42.2 Å². The third kappa shape index (κ3) is 4.42. The predicted octanol–water partition coefficient (Wildman–Crippen LogP) is 2.50. The zero-order valence-electron chi connectivity index (χ0n) is 11.7. The molecule has 20 heavy (non-hydrogen) atoms. The van der Waals surface area contributed by atoms with E-state index in [1.165, 1.54) is 0 Å². The minimum Gasteiger partial charge on any atom is -0.492 e. The van der Waals surface area contributed by atoms with E-state index in [1.807, 2.05) is 30.3 Å². The number of anilines is 2. The molecule has 0 unspecified atom stereocenters. The first-order valence-electron chi connectivity index (χ1n) is 6.83. The van der Waals surface area contributed by atoms with Crippen molar-refractivity contribution in [1.82, 2.24) is 9.97 Å². The summed E-state index contributed by atoms with van der Waals surface area (Å²) in [5.74, 6) is 2.88. The standard InChI is InChI=1S/C15H20N4O/c1-2-6-14-18-13(16)11-15(19-14)17-9-10-20-12-7-4-3-5-8-12/h3-5,7-8,11H,2,6,9-10H2,1H3,(H3,16,17,18,19). The van der Waals surface area contributed by atoms with Gasteiger partial charge in [-0.25, -0.2) is 9.97 Å². The first kappa shape index (κ1) is 14.1. The zero-order valence-corrected chi connectivity index (χ0v) is 11.7. The van der Waals surface area contributed by atoms with E-state index in [0.717, 1.165) is 30.2 Å². The van der Waals surface area contributed by atoms with Gasteiger partial charge in [-0.2, -0.15) is 0 Å². The van der Waals surface area contributed by atoms with Crippen LogP contribution in [0.1, 0.15) is 19.2 Å². The van der Waals surface area contributed by atoms with Gasteiger partial charge >= 0.3 is 0 Å². The molecule has 0 aliphatic heterocycles. The Labute approximate surface area is 119 Å². The summed E-state index contributed by atoms with van der Waals surface area (Å²) in [6.07, 6.45) is 1.83. The molecule has 0 aliphatic carbocycles. The number of nitrogen functional groups attached to an aromatic ring is 1. The number of hydrogen-bond donors (Lipinski definition) is 2. The molecular formula is C15H20N4O. The second-order valence-corrected chi connectivity index (χ2v) is 4.43. The number of hydrogen-bond acceptors (Lipinski definition) is 5. The minimum absolute atomic E-state index is 0.495. The van der Waals surface area contributed by atoms with Gasteiger partial charge in [0.15, 0.2) is 0 Å². The summed E-state index contributed by atoms with van der Waals surface area (Å²) in [4.78, 5) is 8.60. The van der Waals surface area contributed by atoms with Gasteiger partial charge in [0.25, 0.3) is 0 Å². The lowest BCUT2D eigenvalue weighted by molar-refractivity contribution is 0.332. The van der Waals surface area contributed by atoms with Gasteiger partial charge < -0.3 is 15.8 Å². The van der Waals surface area contributed by atoms with Crippen molar-refractivity contribution < 1.29 is 4.74 Å². The lowest BCUT2D eigenvalue weighted by atomic mass is 10.3. The third-order valence-electron chi connectivity index (χ3n) is 2.69. The summed E-state index contributed by atoms with van der Waals surface area (Å²) in [6, 6.07) is 11.5. The van der Waals surface area contributed by atoms with Crippen LogP contribution in [-0.4, -0.2) is 23.1 Å². The first-order valence-corrected chi connectivity index (χ1v) is 6.83. The monoisotopic (exact) mass is 272 g/mol. The fraction of sp³-hybridized carbons (Fsp3) is 0.333. The molecule has 0 aliphatic rings. The fourth-order valence-electron chi connectivity index (χ4n) is 1.81. The summed E-state index contributed by atoms with van der Waals surface area (Å²) in [7, 11) is 0. The van der Waals surface area contributed by atoms with Crippen LogP contribution in [0.25, 0.3) is 0 Å². The molecule has 0 saturated carbocycles. The van der Waals surface area contributed by atoms with Gasteiger partial charge in [0, 0.05) is 12.5 Å². The van der Waals surface area contributed by atoms with E-state index in [1.54, 1.807) is 6.07 Å². The minimum atomic E-state index is 0.495. The highest BCUT2D eigenvalue weighted by Crippen LogP contribution is 2.10. The van der Waals surface area contributed by atoms with Gasteiger partial charge in [-0.05, 0) is 18.6 Å². The predicted molar refractivity (Wildman–Crippen MR) is 80.9 cm³/mol. The molecule has 1 heterocycles. The van der Waals surface area contributed by atoms with Gasteiger partial charge in [-0.1, -0.05) is 25.1 Å². The van der Waals surface area contributed by atoms with Gasteiger partial charge in [-0.3, -0.25) is 0 Å². The van der Waals surface area contributed by atoms with Crippen LogP contribution in [0.3, 0.4) is 0 Å². The molecule has 5 nitrogen and oxygen atoms in total. The van der Waals surface area contributed by atoms with Gasteiger partial charge in [0.05, 0.1) is 6.54 Å². The topological polar surface area (TPSA) is 73.1 Å². The van der Waals surface area contributed by atoms with E-state index < -0.39 is 0 Å². The number of benzene rings is 1. The van der Waals surface area contributed by atoms with Crippen LogP contribution in [0.4, 0.5) is 11.6 Å². The number of aryl methyl sites for hydroxylation is 1. The Balaban J connectivity index is 1.81. The number of rotatable bonds is 7. The molecule has 2 aromatic rings. The molecule has 1 aromatic carbocycles. The Hall–Kier alpha value is -2.30. The van der Waals surface area contributed by atoms with Gasteiger partial charge in [-0.15, -0.1) is 0 Å². The Morgan fingerprint density at radius 1 is 1.20 bits per heavy atom. The van der Waals surface area contributed by atoms with Crippen LogP contribution in [0, 0.1) is 0 Å². The van der Waals surface area contributed by atoms with Gasteiger partial charge in [0.1, 0.15) is 29.8 Å². The molecule has 0 bridgehead atoms. The van der Waals surface area contributed by atoms with Crippen LogP contribution >= 0.6 is 0 Å². The van der Waals surface area contributed by atoms with Crippen LogP contribution in [0.15, 0.2) is 36.4 Å². The first-order chi connectivity index (χ1) is 9.78. The SMILES string of the molecule is CCCc1nc(N)cc(NCCOc2ccccc2)n1. The van der Waals surface area contributed by atoms with Crippen LogP contribution in [0.2, 0.25) is 0 Å².